The predicted octanol–water partition coefficient (Wildman–Crippen LogP) is 3.65. The lowest BCUT2D eigenvalue weighted by Crippen LogP contribution is -2.21. The Morgan fingerprint density at radius 2 is 1.85 bits per heavy atom. The van der Waals surface area contributed by atoms with E-state index in [9.17, 15) is 4.79 Å². The SMILES string of the molecule is O=C1NCC(c2ccc(-c3ccc(C4CC4)s3)cc2)N1. The topological polar surface area (TPSA) is 41.1 Å². The highest BCUT2D eigenvalue weighted by molar-refractivity contribution is 7.15. The molecule has 2 heterocycles. The Hall–Kier alpha value is -1.81. The van der Waals surface area contributed by atoms with Crippen molar-refractivity contribution in [1.82, 2.24) is 10.6 Å². The van der Waals surface area contributed by atoms with Crippen molar-refractivity contribution in [3.05, 3.63) is 46.8 Å². The number of carbonyl (C=O) groups excluding carboxylic acids is 1. The van der Waals surface area contributed by atoms with Gasteiger partial charge in [-0.1, -0.05) is 24.3 Å². The fourth-order valence-electron chi connectivity index (χ4n) is 2.63. The minimum Gasteiger partial charge on any atom is -0.336 e. The molecule has 102 valence electrons. The Bertz CT molecular complexity index is 643. The summed E-state index contributed by atoms with van der Waals surface area (Å²) in [6.07, 6.45) is 2.71. The number of nitrogens with one attached hydrogen (secondary N) is 2. The van der Waals surface area contributed by atoms with Crippen LogP contribution in [0.5, 0.6) is 0 Å². The molecule has 2 N–H and O–H groups in total. The van der Waals surface area contributed by atoms with Crippen LogP contribution in [-0.2, 0) is 0 Å². The number of urea groups is 1. The summed E-state index contributed by atoms with van der Waals surface area (Å²) >= 11 is 1.91. The maximum Gasteiger partial charge on any atom is 0.315 e. The Morgan fingerprint density at radius 3 is 2.50 bits per heavy atom. The van der Waals surface area contributed by atoms with Crippen LogP contribution in [0.3, 0.4) is 0 Å². The summed E-state index contributed by atoms with van der Waals surface area (Å²) in [6.45, 7) is 0.670. The van der Waals surface area contributed by atoms with Gasteiger partial charge in [-0.15, -0.1) is 11.3 Å². The maximum absolute atomic E-state index is 11.2. The van der Waals surface area contributed by atoms with Gasteiger partial charge in [0.2, 0.25) is 0 Å². The number of rotatable bonds is 3. The van der Waals surface area contributed by atoms with Gasteiger partial charge in [0.15, 0.2) is 0 Å². The van der Waals surface area contributed by atoms with Crippen LogP contribution in [-0.4, -0.2) is 12.6 Å². The minimum absolute atomic E-state index is 0.0774. The lowest BCUT2D eigenvalue weighted by atomic mass is 10.0. The Labute approximate surface area is 122 Å². The molecule has 0 radical (unpaired) electrons. The summed E-state index contributed by atoms with van der Waals surface area (Å²) in [4.78, 5) is 14.0. The first-order valence-electron chi connectivity index (χ1n) is 7.04. The van der Waals surface area contributed by atoms with Crippen LogP contribution in [0.2, 0.25) is 0 Å². The average molecular weight is 284 g/mol. The van der Waals surface area contributed by atoms with Crippen LogP contribution in [0.1, 0.15) is 35.2 Å². The predicted molar refractivity (Wildman–Crippen MR) is 81.0 cm³/mol. The van der Waals surface area contributed by atoms with Crippen molar-refractivity contribution < 1.29 is 4.79 Å². The summed E-state index contributed by atoms with van der Waals surface area (Å²) in [5.41, 5.74) is 2.43. The first kappa shape index (κ1) is 12.0. The molecule has 2 aromatic rings. The lowest BCUT2D eigenvalue weighted by molar-refractivity contribution is 0.247. The molecule has 2 aliphatic rings. The molecule has 1 aromatic carbocycles. The van der Waals surface area contributed by atoms with E-state index in [1.54, 1.807) is 0 Å². The van der Waals surface area contributed by atoms with Crippen molar-refractivity contribution in [1.29, 1.82) is 0 Å². The molecule has 0 bridgehead atoms. The standard InChI is InChI=1S/C16H16N2OS/c19-16-17-9-13(18-16)10-1-3-11(4-2-10)14-7-8-15(20-14)12-5-6-12/h1-4,7-8,12-13H,5-6,9H2,(H2,17,18,19). The zero-order valence-electron chi connectivity index (χ0n) is 11.1. The summed E-state index contributed by atoms with van der Waals surface area (Å²) in [6, 6.07) is 13.1. The van der Waals surface area contributed by atoms with Crippen LogP contribution in [0.25, 0.3) is 10.4 Å². The normalized spacial score (nSPS) is 21.6. The third kappa shape index (κ3) is 2.20. The van der Waals surface area contributed by atoms with E-state index in [4.69, 9.17) is 0 Å². The van der Waals surface area contributed by atoms with Crippen molar-refractivity contribution in [2.75, 3.05) is 6.54 Å². The van der Waals surface area contributed by atoms with Gasteiger partial charge in [0, 0.05) is 16.3 Å². The largest absolute Gasteiger partial charge is 0.336 e. The first-order chi connectivity index (χ1) is 9.79. The second-order valence-electron chi connectivity index (χ2n) is 5.51. The third-order valence-electron chi connectivity index (χ3n) is 3.98. The van der Waals surface area contributed by atoms with Gasteiger partial charge in [0.05, 0.1) is 6.04 Å². The van der Waals surface area contributed by atoms with E-state index in [1.165, 1.54) is 28.2 Å². The van der Waals surface area contributed by atoms with E-state index in [-0.39, 0.29) is 12.1 Å². The molecule has 0 spiro atoms. The van der Waals surface area contributed by atoms with Gasteiger partial charge >= 0.3 is 6.03 Å². The molecule has 4 rings (SSSR count). The average Bonchev–Trinajstić information content (AvgIpc) is 3.04. The van der Waals surface area contributed by atoms with E-state index in [2.05, 4.69) is 47.0 Å². The van der Waals surface area contributed by atoms with Crippen LogP contribution in [0.15, 0.2) is 36.4 Å². The van der Waals surface area contributed by atoms with Gasteiger partial charge < -0.3 is 10.6 Å². The van der Waals surface area contributed by atoms with Crippen molar-refractivity contribution in [2.45, 2.75) is 24.8 Å². The van der Waals surface area contributed by atoms with Crippen molar-refractivity contribution in [3.8, 4) is 10.4 Å². The van der Waals surface area contributed by atoms with Crippen molar-refractivity contribution in [3.63, 3.8) is 0 Å². The summed E-state index contributed by atoms with van der Waals surface area (Å²) < 4.78 is 0. The number of amides is 2. The molecule has 1 saturated carbocycles. The number of hydrogen-bond donors (Lipinski definition) is 2. The monoisotopic (exact) mass is 284 g/mol. The van der Waals surface area contributed by atoms with E-state index in [0.717, 1.165) is 11.5 Å². The van der Waals surface area contributed by atoms with E-state index >= 15 is 0 Å². The summed E-state index contributed by atoms with van der Waals surface area (Å²) in [5.74, 6) is 0.827. The molecular weight excluding hydrogens is 268 g/mol. The van der Waals surface area contributed by atoms with Crippen LogP contribution in [0, 0.1) is 0 Å². The Balaban J connectivity index is 1.55. The molecule has 1 atom stereocenters. The molecule has 1 aliphatic heterocycles. The first-order valence-corrected chi connectivity index (χ1v) is 7.86. The second-order valence-corrected chi connectivity index (χ2v) is 6.62. The summed E-state index contributed by atoms with van der Waals surface area (Å²) in [7, 11) is 0. The molecule has 1 aliphatic carbocycles. The second kappa shape index (κ2) is 4.63. The van der Waals surface area contributed by atoms with E-state index in [0.29, 0.717) is 6.54 Å². The van der Waals surface area contributed by atoms with Gasteiger partial charge in [-0.3, -0.25) is 0 Å². The Kier molecular flexibility index (Phi) is 2.77. The number of carbonyl (C=O) groups is 1. The molecule has 1 unspecified atom stereocenters. The van der Waals surface area contributed by atoms with Gasteiger partial charge in [-0.25, -0.2) is 4.79 Å². The van der Waals surface area contributed by atoms with Crippen molar-refractivity contribution >= 4 is 17.4 Å². The van der Waals surface area contributed by atoms with E-state index in [1.807, 2.05) is 11.3 Å². The highest BCUT2D eigenvalue weighted by Crippen LogP contribution is 2.45. The molecule has 4 heteroatoms. The maximum atomic E-state index is 11.2. The number of hydrogen-bond acceptors (Lipinski definition) is 2. The molecule has 1 saturated heterocycles. The molecule has 2 fully saturated rings. The van der Waals surface area contributed by atoms with Crippen LogP contribution in [0.4, 0.5) is 4.79 Å². The number of thiophene rings is 1. The molecule has 2 amide bonds. The van der Waals surface area contributed by atoms with Gasteiger partial charge in [-0.05, 0) is 42.0 Å². The van der Waals surface area contributed by atoms with Crippen LogP contribution >= 0.6 is 11.3 Å². The van der Waals surface area contributed by atoms with E-state index < -0.39 is 0 Å². The molecule has 1 aromatic heterocycles. The molecule has 3 nitrogen and oxygen atoms in total. The van der Waals surface area contributed by atoms with Crippen molar-refractivity contribution in [2.24, 2.45) is 0 Å². The summed E-state index contributed by atoms with van der Waals surface area (Å²) in [5, 5.41) is 5.70. The third-order valence-corrected chi connectivity index (χ3v) is 5.27. The minimum atomic E-state index is -0.0774. The lowest BCUT2D eigenvalue weighted by Gasteiger charge is -2.09. The zero-order chi connectivity index (χ0) is 13.5. The highest BCUT2D eigenvalue weighted by atomic mass is 32.1. The molecule has 20 heavy (non-hydrogen) atoms. The van der Waals surface area contributed by atoms with Gasteiger partial charge in [0.25, 0.3) is 0 Å². The smallest absolute Gasteiger partial charge is 0.315 e. The zero-order valence-corrected chi connectivity index (χ0v) is 11.9. The fraction of sp³-hybridized carbons (Fsp3) is 0.312. The van der Waals surface area contributed by atoms with Crippen LogP contribution < -0.4 is 10.6 Å². The molecular formula is C16H16N2OS. The highest BCUT2D eigenvalue weighted by Gasteiger charge is 2.25. The fourth-order valence-corrected chi connectivity index (χ4v) is 3.81. The number of benzene rings is 1. The van der Waals surface area contributed by atoms with Gasteiger partial charge in [-0.2, -0.15) is 0 Å². The van der Waals surface area contributed by atoms with Gasteiger partial charge in [0.1, 0.15) is 0 Å². The Morgan fingerprint density at radius 1 is 1.05 bits per heavy atom. The quantitative estimate of drug-likeness (QED) is 0.887.